The van der Waals surface area contributed by atoms with Crippen LogP contribution in [0.5, 0.6) is 5.75 Å². The highest BCUT2D eigenvalue weighted by atomic mass is 16.6. The van der Waals surface area contributed by atoms with Gasteiger partial charge in [-0.3, -0.25) is 4.79 Å². The van der Waals surface area contributed by atoms with Gasteiger partial charge in [0, 0.05) is 0 Å². The smallest absolute Gasteiger partial charge is 0.312 e. The Balaban J connectivity index is 1.46. The molecular formula is C25H36O3. The Morgan fingerprint density at radius 2 is 1.64 bits per heavy atom. The number of phenolic OH excluding ortho intramolecular Hbond substituents is 1. The van der Waals surface area contributed by atoms with Gasteiger partial charge < -0.3 is 9.84 Å². The molecule has 4 aliphatic carbocycles. The maximum atomic E-state index is 13.3. The van der Waals surface area contributed by atoms with Crippen molar-refractivity contribution in [1.29, 1.82) is 0 Å². The fourth-order valence-electron chi connectivity index (χ4n) is 6.57. The van der Waals surface area contributed by atoms with Crippen LogP contribution in [-0.4, -0.2) is 16.7 Å². The third-order valence-corrected chi connectivity index (χ3v) is 8.24. The van der Waals surface area contributed by atoms with Crippen LogP contribution in [-0.2, 0) is 9.53 Å². The zero-order valence-corrected chi connectivity index (χ0v) is 17.9. The summed E-state index contributed by atoms with van der Waals surface area (Å²) in [5.74, 6) is 3.41. The van der Waals surface area contributed by atoms with E-state index in [4.69, 9.17) is 4.74 Å². The number of rotatable bonds is 6. The molecule has 4 aliphatic rings. The van der Waals surface area contributed by atoms with E-state index in [-0.39, 0.29) is 23.2 Å². The predicted octanol–water partition coefficient (Wildman–Crippen LogP) is 6.06. The highest BCUT2D eigenvalue weighted by molar-refractivity contribution is 5.76. The summed E-state index contributed by atoms with van der Waals surface area (Å²) in [6.45, 7) is 8.47. The normalized spacial score (nSPS) is 35.0. The average molecular weight is 385 g/mol. The Hall–Kier alpha value is -1.51. The number of carbonyl (C=O) groups is 1. The maximum Gasteiger partial charge on any atom is 0.312 e. The lowest BCUT2D eigenvalue weighted by Gasteiger charge is -2.59. The summed E-state index contributed by atoms with van der Waals surface area (Å²) < 4.78 is 6.40. The molecule has 4 saturated carbocycles. The lowest BCUT2D eigenvalue weighted by molar-refractivity contribution is -0.211. The number of hydrogen-bond donors (Lipinski definition) is 1. The van der Waals surface area contributed by atoms with Crippen molar-refractivity contribution in [3.8, 4) is 5.75 Å². The molecule has 4 fully saturated rings. The second-order valence-electron chi connectivity index (χ2n) is 10.7. The Morgan fingerprint density at radius 1 is 1.11 bits per heavy atom. The predicted molar refractivity (Wildman–Crippen MR) is 111 cm³/mol. The van der Waals surface area contributed by atoms with Gasteiger partial charge in [0.15, 0.2) is 0 Å². The minimum Gasteiger partial charge on any atom is -0.508 e. The van der Waals surface area contributed by atoms with Crippen LogP contribution in [0.15, 0.2) is 24.3 Å². The lowest BCUT2D eigenvalue weighted by Crippen LogP contribution is -2.58. The van der Waals surface area contributed by atoms with E-state index in [1.165, 1.54) is 37.7 Å². The number of ether oxygens (including phenoxy) is 1. The van der Waals surface area contributed by atoms with Gasteiger partial charge in [-0.15, -0.1) is 0 Å². The van der Waals surface area contributed by atoms with E-state index in [1.54, 1.807) is 12.1 Å². The van der Waals surface area contributed by atoms with Gasteiger partial charge in [-0.25, -0.2) is 0 Å². The second kappa shape index (κ2) is 7.07. The van der Waals surface area contributed by atoms with Crippen LogP contribution < -0.4 is 0 Å². The summed E-state index contributed by atoms with van der Waals surface area (Å²) in [7, 11) is 0. The minimum absolute atomic E-state index is 0.0281. The molecule has 3 nitrogen and oxygen atoms in total. The van der Waals surface area contributed by atoms with Gasteiger partial charge in [-0.2, -0.15) is 0 Å². The van der Waals surface area contributed by atoms with Crippen molar-refractivity contribution in [3.63, 3.8) is 0 Å². The molecule has 0 radical (unpaired) electrons. The Kier molecular flexibility index (Phi) is 5.00. The molecule has 1 atom stereocenters. The van der Waals surface area contributed by atoms with Crippen LogP contribution in [0.3, 0.4) is 0 Å². The van der Waals surface area contributed by atoms with Crippen molar-refractivity contribution >= 4 is 5.97 Å². The van der Waals surface area contributed by atoms with Gasteiger partial charge in [0.1, 0.15) is 11.4 Å². The topological polar surface area (TPSA) is 46.5 Å². The zero-order chi connectivity index (χ0) is 20.1. The van der Waals surface area contributed by atoms with Gasteiger partial charge in [0.25, 0.3) is 0 Å². The molecule has 3 heteroatoms. The van der Waals surface area contributed by atoms with Crippen LogP contribution in [0.25, 0.3) is 0 Å². The number of esters is 1. The highest BCUT2D eigenvalue weighted by Gasteiger charge is 2.57. The number of benzene rings is 1. The first-order chi connectivity index (χ1) is 13.2. The van der Waals surface area contributed by atoms with E-state index in [1.807, 2.05) is 26.0 Å². The highest BCUT2D eigenvalue weighted by Crippen LogP contribution is 2.59. The van der Waals surface area contributed by atoms with E-state index in [0.29, 0.717) is 11.8 Å². The number of carbonyl (C=O) groups excluding carboxylic acids is 1. The van der Waals surface area contributed by atoms with Crippen molar-refractivity contribution in [2.24, 2.45) is 29.1 Å². The van der Waals surface area contributed by atoms with Gasteiger partial charge in [0.05, 0.1) is 5.41 Å². The quantitative estimate of drug-likeness (QED) is 0.606. The van der Waals surface area contributed by atoms with Crippen molar-refractivity contribution in [2.45, 2.75) is 84.2 Å². The molecule has 0 amide bonds. The third kappa shape index (κ3) is 3.46. The molecule has 0 aromatic heterocycles. The molecule has 0 saturated heterocycles. The number of hydrogen-bond acceptors (Lipinski definition) is 3. The summed E-state index contributed by atoms with van der Waals surface area (Å²) in [6, 6.07) is 7.42. The molecule has 28 heavy (non-hydrogen) atoms. The summed E-state index contributed by atoms with van der Waals surface area (Å²) in [4.78, 5) is 13.3. The molecule has 5 rings (SSSR count). The molecule has 154 valence electrons. The average Bonchev–Trinajstić information content (AvgIpc) is 2.64. The van der Waals surface area contributed by atoms with E-state index in [0.717, 1.165) is 24.7 Å². The number of aromatic hydroxyl groups is 1. The molecule has 1 aromatic rings. The maximum absolute atomic E-state index is 13.3. The van der Waals surface area contributed by atoms with Crippen molar-refractivity contribution < 1.29 is 14.6 Å². The molecular weight excluding hydrogens is 348 g/mol. The first-order valence-corrected chi connectivity index (χ1v) is 11.2. The standard InChI is InChI=1S/C25H36O3/c1-5-18(19-6-8-22(26)9-7-19)15-24(2,3)23(27)28-25(4)20-11-16-10-17(13-20)14-21(25)12-16/h6-9,16-18,20-21,26H,5,10-15H2,1-4H3. The molecule has 0 spiro atoms. The molecule has 1 N–H and O–H groups in total. The van der Waals surface area contributed by atoms with Crippen molar-refractivity contribution in [2.75, 3.05) is 0 Å². The lowest BCUT2D eigenvalue weighted by atomic mass is 9.50. The first-order valence-electron chi connectivity index (χ1n) is 11.2. The Labute approximate surface area is 169 Å². The van der Waals surface area contributed by atoms with Crippen LogP contribution in [0, 0.1) is 29.1 Å². The molecule has 4 bridgehead atoms. The van der Waals surface area contributed by atoms with Crippen LogP contribution in [0.1, 0.15) is 84.1 Å². The molecule has 0 aliphatic heterocycles. The van der Waals surface area contributed by atoms with Crippen LogP contribution in [0.4, 0.5) is 0 Å². The summed E-state index contributed by atoms with van der Waals surface area (Å²) in [5.41, 5.74) is 0.403. The van der Waals surface area contributed by atoms with Crippen LogP contribution >= 0.6 is 0 Å². The Morgan fingerprint density at radius 3 is 2.14 bits per heavy atom. The van der Waals surface area contributed by atoms with Crippen molar-refractivity contribution in [3.05, 3.63) is 29.8 Å². The van der Waals surface area contributed by atoms with E-state index < -0.39 is 5.41 Å². The van der Waals surface area contributed by atoms with Gasteiger partial charge in [-0.05, 0) is 113 Å². The van der Waals surface area contributed by atoms with Crippen molar-refractivity contribution in [1.82, 2.24) is 0 Å². The summed E-state index contributed by atoms with van der Waals surface area (Å²) in [6.07, 6.45) is 8.15. The van der Waals surface area contributed by atoms with Gasteiger partial charge in [0.2, 0.25) is 0 Å². The van der Waals surface area contributed by atoms with Gasteiger partial charge >= 0.3 is 5.97 Å². The first kappa shape index (κ1) is 19.8. The van der Waals surface area contributed by atoms with E-state index in [9.17, 15) is 9.90 Å². The third-order valence-electron chi connectivity index (χ3n) is 8.24. The second-order valence-corrected chi connectivity index (χ2v) is 10.7. The van der Waals surface area contributed by atoms with Crippen LogP contribution in [0.2, 0.25) is 0 Å². The monoisotopic (exact) mass is 384 g/mol. The minimum atomic E-state index is -0.518. The Bertz CT molecular complexity index is 690. The molecule has 0 heterocycles. The van der Waals surface area contributed by atoms with E-state index in [2.05, 4.69) is 13.8 Å². The number of phenols is 1. The van der Waals surface area contributed by atoms with Gasteiger partial charge in [-0.1, -0.05) is 19.1 Å². The summed E-state index contributed by atoms with van der Waals surface area (Å²) in [5, 5.41) is 9.57. The largest absolute Gasteiger partial charge is 0.508 e. The summed E-state index contributed by atoms with van der Waals surface area (Å²) >= 11 is 0. The van der Waals surface area contributed by atoms with E-state index >= 15 is 0 Å². The SMILES string of the molecule is CCC(CC(C)(C)C(=O)OC1(C)C2CC3CC(C2)CC1C3)c1ccc(O)cc1. The fourth-order valence-corrected chi connectivity index (χ4v) is 6.57. The molecule has 1 aromatic carbocycles. The fraction of sp³-hybridized carbons (Fsp3) is 0.720. The zero-order valence-electron chi connectivity index (χ0n) is 17.9. The molecule has 1 unspecified atom stereocenters.